The number of carbonyl (C=O) groups is 1. The van der Waals surface area contributed by atoms with Gasteiger partial charge in [0.2, 0.25) is 5.91 Å². The number of anilines is 2. The van der Waals surface area contributed by atoms with Crippen LogP contribution >= 0.6 is 0 Å². The van der Waals surface area contributed by atoms with E-state index in [0.717, 1.165) is 16.9 Å². The monoisotopic (exact) mass is 308 g/mol. The standard InChI is InChI=1S/C18H20N4O/c1-22(2)17-9-5-15(6-10-17)12-21-18(23)13-20-16-7-3-14(11-19)4-8-16/h3-10,20H,12-13H2,1-2H3,(H,21,23). The van der Waals surface area contributed by atoms with Crippen LogP contribution in [0.3, 0.4) is 0 Å². The zero-order chi connectivity index (χ0) is 16.7. The molecule has 0 saturated carbocycles. The van der Waals surface area contributed by atoms with E-state index in [2.05, 4.69) is 16.7 Å². The Kier molecular flexibility index (Phi) is 5.59. The summed E-state index contributed by atoms with van der Waals surface area (Å²) in [6, 6.07) is 17.1. The van der Waals surface area contributed by atoms with Gasteiger partial charge in [-0.2, -0.15) is 5.26 Å². The molecule has 1 amide bonds. The molecule has 2 aromatic rings. The first kappa shape index (κ1) is 16.4. The van der Waals surface area contributed by atoms with Gasteiger partial charge >= 0.3 is 0 Å². The van der Waals surface area contributed by atoms with Crippen molar-refractivity contribution in [2.75, 3.05) is 30.9 Å². The van der Waals surface area contributed by atoms with E-state index in [-0.39, 0.29) is 12.5 Å². The Balaban J connectivity index is 1.77. The summed E-state index contributed by atoms with van der Waals surface area (Å²) in [5.74, 6) is -0.0777. The smallest absolute Gasteiger partial charge is 0.239 e. The molecule has 5 nitrogen and oxygen atoms in total. The lowest BCUT2D eigenvalue weighted by atomic mass is 10.2. The highest BCUT2D eigenvalue weighted by Gasteiger charge is 2.02. The van der Waals surface area contributed by atoms with Crippen molar-refractivity contribution in [3.05, 3.63) is 59.7 Å². The minimum atomic E-state index is -0.0777. The summed E-state index contributed by atoms with van der Waals surface area (Å²) in [5.41, 5.74) is 3.60. The molecule has 0 aliphatic rings. The van der Waals surface area contributed by atoms with E-state index < -0.39 is 0 Å². The van der Waals surface area contributed by atoms with Crippen LogP contribution in [0, 0.1) is 11.3 Å². The van der Waals surface area contributed by atoms with E-state index in [9.17, 15) is 4.79 Å². The Hall–Kier alpha value is -3.00. The molecule has 118 valence electrons. The van der Waals surface area contributed by atoms with Gasteiger partial charge in [0.1, 0.15) is 0 Å². The van der Waals surface area contributed by atoms with Crippen LogP contribution in [-0.2, 0) is 11.3 Å². The fraction of sp³-hybridized carbons (Fsp3) is 0.222. The minimum absolute atomic E-state index is 0.0777. The molecule has 0 atom stereocenters. The number of benzene rings is 2. The van der Waals surface area contributed by atoms with Gasteiger partial charge in [-0.1, -0.05) is 12.1 Å². The Morgan fingerprint density at radius 3 is 2.30 bits per heavy atom. The largest absolute Gasteiger partial charge is 0.378 e. The summed E-state index contributed by atoms with van der Waals surface area (Å²) < 4.78 is 0. The van der Waals surface area contributed by atoms with Gasteiger partial charge in [-0.3, -0.25) is 4.79 Å². The number of hydrogen-bond donors (Lipinski definition) is 2. The van der Waals surface area contributed by atoms with Crippen LogP contribution in [-0.4, -0.2) is 26.5 Å². The summed E-state index contributed by atoms with van der Waals surface area (Å²) in [5, 5.41) is 14.6. The third kappa shape index (κ3) is 5.04. The fourth-order valence-corrected chi connectivity index (χ4v) is 2.02. The molecule has 0 aliphatic heterocycles. The number of carbonyl (C=O) groups excluding carboxylic acids is 1. The molecule has 2 N–H and O–H groups in total. The van der Waals surface area contributed by atoms with Crippen molar-refractivity contribution in [3.8, 4) is 6.07 Å². The Morgan fingerprint density at radius 1 is 1.09 bits per heavy atom. The van der Waals surface area contributed by atoms with Crippen molar-refractivity contribution in [2.45, 2.75) is 6.54 Å². The van der Waals surface area contributed by atoms with Gasteiger partial charge in [0.25, 0.3) is 0 Å². The molecule has 0 bridgehead atoms. The van der Waals surface area contributed by atoms with E-state index in [1.54, 1.807) is 24.3 Å². The van der Waals surface area contributed by atoms with Crippen LogP contribution < -0.4 is 15.5 Å². The zero-order valence-electron chi connectivity index (χ0n) is 13.3. The lowest BCUT2D eigenvalue weighted by molar-refractivity contribution is -0.119. The average molecular weight is 308 g/mol. The second kappa shape index (κ2) is 7.85. The van der Waals surface area contributed by atoms with Gasteiger partial charge in [0, 0.05) is 32.0 Å². The molecule has 0 radical (unpaired) electrons. The van der Waals surface area contributed by atoms with Crippen LogP contribution in [0.2, 0.25) is 0 Å². The van der Waals surface area contributed by atoms with Gasteiger partial charge < -0.3 is 15.5 Å². The quantitative estimate of drug-likeness (QED) is 0.859. The van der Waals surface area contributed by atoms with Crippen molar-refractivity contribution in [3.63, 3.8) is 0 Å². The van der Waals surface area contributed by atoms with Crippen molar-refractivity contribution < 1.29 is 4.79 Å². The number of rotatable bonds is 6. The maximum absolute atomic E-state index is 11.9. The van der Waals surface area contributed by atoms with Crippen molar-refractivity contribution in [1.82, 2.24) is 5.32 Å². The Bertz CT molecular complexity index is 684. The molecule has 23 heavy (non-hydrogen) atoms. The van der Waals surface area contributed by atoms with Gasteiger partial charge in [-0.15, -0.1) is 0 Å². The summed E-state index contributed by atoms with van der Waals surface area (Å²) in [4.78, 5) is 13.9. The average Bonchev–Trinajstić information content (AvgIpc) is 2.59. The highest BCUT2D eigenvalue weighted by molar-refractivity contribution is 5.80. The number of nitriles is 1. The molecule has 0 aromatic heterocycles. The summed E-state index contributed by atoms with van der Waals surface area (Å²) in [6.07, 6.45) is 0. The first-order valence-corrected chi connectivity index (χ1v) is 7.35. The molecular weight excluding hydrogens is 288 g/mol. The number of nitrogens with zero attached hydrogens (tertiary/aromatic N) is 2. The Labute approximate surface area is 136 Å². The predicted molar refractivity (Wildman–Crippen MR) is 92.3 cm³/mol. The predicted octanol–water partition coefficient (Wildman–Crippen LogP) is 2.35. The number of hydrogen-bond acceptors (Lipinski definition) is 4. The topological polar surface area (TPSA) is 68.2 Å². The van der Waals surface area contributed by atoms with Gasteiger partial charge in [0.05, 0.1) is 18.2 Å². The normalized spacial score (nSPS) is 9.78. The van der Waals surface area contributed by atoms with Crippen LogP contribution in [0.15, 0.2) is 48.5 Å². The molecule has 0 spiro atoms. The molecule has 0 aliphatic carbocycles. The lowest BCUT2D eigenvalue weighted by Crippen LogP contribution is -2.29. The van der Waals surface area contributed by atoms with Gasteiger partial charge in [0.15, 0.2) is 0 Å². The maximum atomic E-state index is 11.9. The van der Waals surface area contributed by atoms with Crippen molar-refractivity contribution >= 4 is 17.3 Å². The second-order valence-corrected chi connectivity index (χ2v) is 5.38. The van der Waals surface area contributed by atoms with Gasteiger partial charge in [-0.25, -0.2) is 0 Å². The van der Waals surface area contributed by atoms with Crippen molar-refractivity contribution in [2.24, 2.45) is 0 Å². The summed E-state index contributed by atoms with van der Waals surface area (Å²) in [7, 11) is 3.98. The van der Waals surface area contributed by atoms with E-state index in [4.69, 9.17) is 5.26 Å². The maximum Gasteiger partial charge on any atom is 0.239 e. The Morgan fingerprint density at radius 2 is 1.74 bits per heavy atom. The third-order valence-corrected chi connectivity index (χ3v) is 3.41. The van der Waals surface area contributed by atoms with Crippen LogP contribution in [0.1, 0.15) is 11.1 Å². The first-order valence-electron chi connectivity index (χ1n) is 7.35. The molecule has 0 heterocycles. The van der Waals surface area contributed by atoms with Crippen LogP contribution in [0.4, 0.5) is 11.4 Å². The number of nitrogens with one attached hydrogen (secondary N) is 2. The lowest BCUT2D eigenvalue weighted by Gasteiger charge is -2.13. The summed E-state index contributed by atoms with van der Waals surface area (Å²) in [6.45, 7) is 0.698. The van der Waals surface area contributed by atoms with Crippen molar-refractivity contribution in [1.29, 1.82) is 5.26 Å². The SMILES string of the molecule is CN(C)c1ccc(CNC(=O)CNc2ccc(C#N)cc2)cc1. The van der Waals surface area contributed by atoms with Gasteiger partial charge in [-0.05, 0) is 42.0 Å². The third-order valence-electron chi connectivity index (χ3n) is 3.41. The van der Waals surface area contributed by atoms with Crippen LogP contribution in [0.5, 0.6) is 0 Å². The van der Waals surface area contributed by atoms with E-state index >= 15 is 0 Å². The van der Waals surface area contributed by atoms with Crippen LogP contribution in [0.25, 0.3) is 0 Å². The van der Waals surface area contributed by atoms with E-state index in [1.165, 1.54) is 0 Å². The number of amides is 1. The van der Waals surface area contributed by atoms with E-state index in [1.807, 2.05) is 43.3 Å². The van der Waals surface area contributed by atoms with E-state index in [0.29, 0.717) is 12.1 Å². The molecular formula is C18H20N4O. The second-order valence-electron chi connectivity index (χ2n) is 5.38. The zero-order valence-corrected chi connectivity index (χ0v) is 13.3. The molecule has 0 fully saturated rings. The molecule has 0 saturated heterocycles. The first-order chi connectivity index (χ1) is 11.1. The highest BCUT2D eigenvalue weighted by Crippen LogP contribution is 2.12. The highest BCUT2D eigenvalue weighted by atomic mass is 16.1. The molecule has 5 heteroatoms. The molecule has 2 rings (SSSR count). The molecule has 0 unspecified atom stereocenters. The fourth-order valence-electron chi connectivity index (χ4n) is 2.02. The molecule has 2 aromatic carbocycles. The minimum Gasteiger partial charge on any atom is -0.378 e. The summed E-state index contributed by atoms with van der Waals surface area (Å²) >= 11 is 0.